The third-order valence-electron chi connectivity index (χ3n) is 5.31. The van der Waals surface area contributed by atoms with Crippen LogP contribution in [0.4, 0.5) is 0 Å². The molecule has 0 fully saturated rings. The van der Waals surface area contributed by atoms with Crippen LogP contribution in [-0.4, -0.2) is 38.3 Å². The van der Waals surface area contributed by atoms with E-state index in [1.807, 2.05) is 63.2 Å². The number of Topliss-reactive ketones (excluding diaryl/α,β-unsaturated/α-hetero) is 1. The van der Waals surface area contributed by atoms with E-state index in [1.165, 1.54) is 11.8 Å². The molecular weight excluding hydrogens is 422 g/mol. The molecule has 1 atom stereocenters. The van der Waals surface area contributed by atoms with Crippen LogP contribution in [0.3, 0.4) is 0 Å². The van der Waals surface area contributed by atoms with E-state index in [1.54, 1.807) is 16.8 Å². The van der Waals surface area contributed by atoms with Crippen molar-refractivity contribution in [2.45, 2.75) is 50.2 Å². The summed E-state index contributed by atoms with van der Waals surface area (Å²) in [6.45, 7) is 6.89. The van der Waals surface area contributed by atoms with Gasteiger partial charge < -0.3 is 9.72 Å². The van der Waals surface area contributed by atoms with Crippen LogP contribution in [0.2, 0.25) is 0 Å². The zero-order valence-corrected chi connectivity index (χ0v) is 19.3. The lowest BCUT2D eigenvalue weighted by Gasteiger charge is -2.16. The Morgan fingerprint density at radius 2 is 1.81 bits per heavy atom. The molecule has 0 saturated carbocycles. The maximum atomic E-state index is 13.2. The highest BCUT2D eigenvalue weighted by molar-refractivity contribution is 8.00. The number of aromatic amines is 1. The van der Waals surface area contributed by atoms with Crippen LogP contribution in [0.25, 0.3) is 21.8 Å². The molecule has 0 saturated heterocycles. The summed E-state index contributed by atoms with van der Waals surface area (Å²) < 4.78 is 7.32. The first-order valence-electron chi connectivity index (χ1n) is 10.8. The number of aromatic nitrogens is 3. The average Bonchev–Trinajstić information content (AvgIpc) is 3.21. The summed E-state index contributed by atoms with van der Waals surface area (Å²) in [5, 5.41) is 1.64. The molecule has 1 N–H and O–H groups in total. The van der Waals surface area contributed by atoms with Gasteiger partial charge in [-0.3, -0.25) is 14.2 Å². The molecule has 0 radical (unpaired) electrons. The summed E-state index contributed by atoms with van der Waals surface area (Å²) in [5.74, 6) is 0.00421. The largest absolute Gasteiger partial charge is 0.379 e. The standard InChI is InChI=1S/C25H27N3O3S/c1-16(2)31-14-8-13-28-24(30)19-10-5-7-12-22(19)27-25(28)32-17(3)23(29)20-15-26-21-11-6-4-9-18(20)21/h4-7,9-12,15-17,26H,8,13-14H2,1-3H3. The number of nitrogens with one attached hydrogen (secondary N) is 1. The predicted octanol–water partition coefficient (Wildman–Crippen LogP) is 5.06. The molecule has 4 aromatic rings. The SMILES string of the molecule is CC(C)OCCCn1c(SC(C)C(=O)c2c[nH]c3ccccc23)nc2ccccc2c1=O. The summed E-state index contributed by atoms with van der Waals surface area (Å²) in [5.41, 5.74) is 2.13. The van der Waals surface area contributed by atoms with Gasteiger partial charge in [-0.15, -0.1) is 0 Å². The summed E-state index contributed by atoms with van der Waals surface area (Å²) in [7, 11) is 0. The summed E-state index contributed by atoms with van der Waals surface area (Å²) in [4.78, 5) is 34.4. The Bertz CT molecular complexity index is 1310. The second-order valence-corrected chi connectivity index (χ2v) is 9.32. The summed E-state index contributed by atoms with van der Waals surface area (Å²) >= 11 is 1.33. The molecule has 0 aliphatic rings. The molecule has 2 heterocycles. The van der Waals surface area contributed by atoms with Crippen molar-refractivity contribution in [3.63, 3.8) is 0 Å². The van der Waals surface area contributed by atoms with Gasteiger partial charge in [-0.1, -0.05) is 42.1 Å². The fourth-order valence-electron chi connectivity index (χ4n) is 3.68. The van der Waals surface area contributed by atoms with Crippen LogP contribution >= 0.6 is 11.8 Å². The number of rotatable bonds is 9. The topological polar surface area (TPSA) is 77.0 Å². The van der Waals surface area contributed by atoms with Crippen LogP contribution in [0.1, 0.15) is 37.6 Å². The lowest BCUT2D eigenvalue weighted by Crippen LogP contribution is -2.26. The highest BCUT2D eigenvalue weighted by atomic mass is 32.2. The van der Waals surface area contributed by atoms with Gasteiger partial charge >= 0.3 is 0 Å². The van der Waals surface area contributed by atoms with Gasteiger partial charge in [0, 0.05) is 35.8 Å². The Morgan fingerprint density at radius 3 is 2.59 bits per heavy atom. The summed E-state index contributed by atoms with van der Waals surface area (Å²) in [6, 6.07) is 15.1. The molecule has 166 valence electrons. The monoisotopic (exact) mass is 449 g/mol. The molecule has 0 aliphatic carbocycles. The molecule has 0 bridgehead atoms. The number of thioether (sulfide) groups is 1. The van der Waals surface area contributed by atoms with Gasteiger partial charge in [-0.2, -0.15) is 0 Å². The van der Waals surface area contributed by atoms with Crippen molar-refractivity contribution in [1.29, 1.82) is 0 Å². The maximum absolute atomic E-state index is 13.2. The molecule has 1 unspecified atom stereocenters. The van der Waals surface area contributed by atoms with E-state index in [0.717, 1.165) is 10.9 Å². The molecule has 32 heavy (non-hydrogen) atoms. The number of hydrogen-bond acceptors (Lipinski definition) is 5. The normalized spacial score (nSPS) is 12.6. The van der Waals surface area contributed by atoms with Crippen molar-refractivity contribution >= 4 is 39.4 Å². The van der Waals surface area contributed by atoms with Gasteiger partial charge in [-0.05, 0) is 45.4 Å². The van der Waals surface area contributed by atoms with Gasteiger partial charge in [0.25, 0.3) is 5.56 Å². The minimum absolute atomic E-state index is 0.00421. The minimum Gasteiger partial charge on any atom is -0.379 e. The Morgan fingerprint density at radius 1 is 1.09 bits per heavy atom. The number of H-pyrrole nitrogens is 1. The molecule has 2 aromatic carbocycles. The van der Waals surface area contributed by atoms with E-state index < -0.39 is 5.25 Å². The fraction of sp³-hybridized carbons (Fsp3) is 0.320. The van der Waals surface area contributed by atoms with Crippen molar-refractivity contribution in [3.8, 4) is 0 Å². The molecule has 7 heteroatoms. The van der Waals surface area contributed by atoms with Crippen LogP contribution < -0.4 is 5.56 Å². The second kappa shape index (κ2) is 9.71. The molecule has 2 aromatic heterocycles. The lowest BCUT2D eigenvalue weighted by molar-refractivity contribution is 0.0743. The Hall–Kier alpha value is -2.90. The molecular formula is C25H27N3O3S. The lowest BCUT2D eigenvalue weighted by atomic mass is 10.1. The number of carbonyl (C=O) groups excluding carboxylic acids is 1. The number of fused-ring (bicyclic) bond motifs is 2. The number of ketones is 1. The third-order valence-corrected chi connectivity index (χ3v) is 6.40. The summed E-state index contributed by atoms with van der Waals surface area (Å²) in [6.07, 6.45) is 2.59. The van der Waals surface area contributed by atoms with E-state index in [9.17, 15) is 9.59 Å². The van der Waals surface area contributed by atoms with Crippen molar-refractivity contribution in [2.75, 3.05) is 6.61 Å². The van der Waals surface area contributed by atoms with E-state index in [2.05, 4.69) is 4.98 Å². The average molecular weight is 450 g/mol. The van der Waals surface area contributed by atoms with Gasteiger partial charge in [0.05, 0.1) is 22.3 Å². The van der Waals surface area contributed by atoms with E-state index in [4.69, 9.17) is 9.72 Å². The zero-order chi connectivity index (χ0) is 22.7. The van der Waals surface area contributed by atoms with Gasteiger partial charge in [0.1, 0.15) is 0 Å². The molecule has 4 rings (SSSR count). The minimum atomic E-state index is -0.402. The highest BCUT2D eigenvalue weighted by Crippen LogP contribution is 2.28. The number of carbonyl (C=O) groups is 1. The van der Waals surface area contributed by atoms with Crippen LogP contribution in [0.15, 0.2) is 64.7 Å². The Balaban J connectivity index is 1.63. The van der Waals surface area contributed by atoms with E-state index in [0.29, 0.717) is 41.2 Å². The molecule has 6 nitrogen and oxygen atoms in total. The van der Waals surface area contributed by atoms with E-state index in [-0.39, 0.29) is 17.4 Å². The van der Waals surface area contributed by atoms with Gasteiger partial charge in [-0.25, -0.2) is 4.98 Å². The molecule has 0 aliphatic heterocycles. The van der Waals surface area contributed by atoms with Gasteiger partial charge in [0.15, 0.2) is 10.9 Å². The quantitative estimate of drug-likeness (QED) is 0.167. The first-order chi connectivity index (χ1) is 15.5. The first kappa shape index (κ1) is 22.3. The fourth-order valence-corrected chi connectivity index (χ4v) is 4.69. The van der Waals surface area contributed by atoms with Crippen molar-refractivity contribution in [2.24, 2.45) is 0 Å². The number of benzene rings is 2. The van der Waals surface area contributed by atoms with Crippen LogP contribution in [0.5, 0.6) is 0 Å². The van der Waals surface area contributed by atoms with Crippen LogP contribution in [-0.2, 0) is 11.3 Å². The maximum Gasteiger partial charge on any atom is 0.262 e. The smallest absolute Gasteiger partial charge is 0.262 e. The van der Waals surface area contributed by atoms with Crippen molar-refractivity contribution < 1.29 is 9.53 Å². The Kier molecular flexibility index (Phi) is 6.77. The van der Waals surface area contributed by atoms with Crippen molar-refractivity contribution in [3.05, 3.63) is 70.6 Å². The molecule has 0 spiro atoms. The van der Waals surface area contributed by atoms with Crippen LogP contribution in [0, 0.1) is 0 Å². The number of nitrogens with zero attached hydrogens (tertiary/aromatic N) is 2. The van der Waals surface area contributed by atoms with E-state index >= 15 is 0 Å². The third kappa shape index (κ3) is 4.64. The second-order valence-electron chi connectivity index (χ2n) is 8.01. The predicted molar refractivity (Wildman–Crippen MR) is 130 cm³/mol. The number of hydrogen-bond donors (Lipinski definition) is 1. The number of ether oxygens (including phenoxy) is 1. The first-order valence-corrected chi connectivity index (χ1v) is 11.7. The highest BCUT2D eigenvalue weighted by Gasteiger charge is 2.22. The zero-order valence-electron chi connectivity index (χ0n) is 18.5. The number of para-hydroxylation sites is 2. The van der Waals surface area contributed by atoms with Gasteiger partial charge in [0.2, 0.25) is 0 Å². The van der Waals surface area contributed by atoms with Crippen molar-refractivity contribution in [1.82, 2.24) is 14.5 Å². The Labute approximate surface area is 191 Å². The molecule has 0 amide bonds.